The van der Waals surface area contributed by atoms with Crippen LogP contribution in [-0.4, -0.2) is 57.7 Å². The number of allylic oxidation sites excluding steroid dienone is 1. The average Bonchev–Trinajstić information content (AvgIpc) is 3.05. The van der Waals surface area contributed by atoms with Crippen molar-refractivity contribution in [1.29, 1.82) is 0 Å². The molecular weight excluding hydrogens is 368 g/mol. The van der Waals surface area contributed by atoms with Gasteiger partial charge in [-0.3, -0.25) is 14.5 Å². The van der Waals surface area contributed by atoms with E-state index in [4.69, 9.17) is 4.74 Å². The molecule has 2 heterocycles. The largest absolute Gasteiger partial charge is 0.464 e. The Labute approximate surface area is 160 Å². The molecular formula is C19H18N2O5S. The van der Waals surface area contributed by atoms with Gasteiger partial charge in [-0.2, -0.15) is 0 Å². The van der Waals surface area contributed by atoms with Gasteiger partial charge < -0.3 is 15.2 Å². The molecule has 1 unspecified atom stereocenters. The molecule has 27 heavy (non-hydrogen) atoms. The highest BCUT2D eigenvalue weighted by atomic mass is 32.2. The van der Waals surface area contributed by atoms with E-state index in [1.54, 1.807) is 12.2 Å². The fourth-order valence-electron chi connectivity index (χ4n) is 3.53. The molecule has 2 amide bonds. The predicted octanol–water partition coefficient (Wildman–Crippen LogP) is 0.355. The minimum absolute atomic E-state index is 0.151. The Hall–Kier alpha value is -2.58. The Balaban J connectivity index is 1.53. The van der Waals surface area contributed by atoms with Crippen LogP contribution in [0.5, 0.6) is 0 Å². The summed E-state index contributed by atoms with van der Waals surface area (Å²) in [5, 5.41) is 12.1. The number of rotatable bonds is 4. The van der Waals surface area contributed by atoms with Crippen molar-refractivity contribution in [3.8, 4) is 0 Å². The molecule has 0 aromatic heterocycles. The fraction of sp³-hybridized carbons (Fsp3) is 0.316. The van der Waals surface area contributed by atoms with Crippen molar-refractivity contribution >= 4 is 29.5 Å². The summed E-state index contributed by atoms with van der Waals surface area (Å²) in [6, 6.07) is 8.51. The summed E-state index contributed by atoms with van der Waals surface area (Å²) in [4.78, 5) is 38.6. The molecule has 0 radical (unpaired) electrons. The highest BCUT2D eigenvalue weighted by molar-refractivity contribution is 8.01. The number of esters is 1. The van der Waals surface area contributed by atoms with Crippen LogP contribution in [0.2, 0.25) is 0 Å². The number of fused-ring (bicyclic) bond motifs is 2. The predicted molar refractivity (Wildman–Crippen MR) is 98.3 cm³/mol. The number of hydrogen-bond acceptors (Lipinski definition) is 6. The first kappa shape index (κ1) is 17.8. The second-order valence-electron chi connectivity index (χ2n) is 6.51. The zero-order valence-electron chi connectivity index (χ0n) is 14.5. The third kappa shape index (κ3) is 2.94. The molecule has 0 bridgehead atoms. The van der Waals surface area contributed by atoms with Crippen LogP contribution in [-0.2, 0) is 25.5 Å². The molecule has 1 aromatic carbocycles. The van der Waals surface area contributed by atoms with E-state index >= 15 is 0 Å². The molecule has 1 saturated heterocycles. The number of nitrogens with zero attached hydrogens (tertiary/aromatic N) is 1. The van der Waals surface area contributed by atoms with Gasteiger partial charge >= 0.3 is 5.97 Å². The van der Waals surface area contributed by atoms with Gasteiger partial charge in [0.05, 0.1) is 24.9 Å². The highest BCUT2D eigenvalue weighted by Crippen LogP contribution is 2.47. The summed E-state index contributed by atoms with van der Waals surface area (Å²) in [5.74, 6) is -1.24. The maximum absolute atomic E-state index is 12.7. The van der Waals surface area contributed by atoms with Crippen LogP contribution in [0.3, 0.4) is 0 Å². The molecule has 0 saturated carbocycles. The molecule has 4 rings (SSSR count). The van der Waals surface area contributed by atoms with E-state index < -0.39 is 23.5 Å². The van der Waals surface area contributed by atoms with Gasteiger partial charge in [-0.1, -0.05) is 42.5 Å². The lowest BCUT2D eigenvalue weighted by Crippen LogP contribution is -2.71. The fourth-order valence-corrected chi connectivity index (χ4v) is 5.09. The van der Waals surface area contributed by atoms with Gasteiger partial charge in [0.15, 0.2) is 0 Å². The molecule has 8 heteroatoms. The number of nitrogens with one attached hydrogen (secondary N) is 1. The van der Waals surface area contributed by atoms with Gasteiger partial charge in [-0.05, 0) is 11.1 Å². The number of β-lactam (4-membered cyclic amide) rings is 1. The third-order valence-corrected chi connectivity index (χ3v) is 6.42. The van der Waals surface area contributed by atoms with Crippen LogP contribution in [0.25, 0.3) is 0 Å². The molecule has 3 aliphatic rings. The summed E-state index contributed by atoms with van der Waals surface area (Å²) >= 11 is 1.36. The number of amides is 2. The van der Waals surface area contributed by atoms with Crippen molar-refractivity contribution in [3.63, 3.8) is 0 Å². The normalized spacial score (nSPS) is 28.4. The number of thioether (sulfide) groups is 1. The number of ether oxygens (including phenoxy) is 1. The molecule has 0 spiro atoms. The molecule has 4 atom stereocenters. The Bertz CT molecular complexity index is 866. The highest BCUT2D eigenvalue weighted by Gasteiger charge is 2.57. The Morgan fingerprint density at radius 2 is 2.04 bits per heavy atom. The number of aliphatic hydroxyl groups excluding tert-OH is 1. The van der Waals surface area contributed by atoms with Crippen LogP contribution in [0.4, 0.5) is 0 Å². The van der Waals surface area contributed by atoms with E-state index in [1.807, 2.05) is 30.3 Å². The summed E-state index contributed by atoms with van der Waals surface area (Å²) in [5.41, 5.74) is 1.58. The van der Waals surface area contributed by atoms with Crippen molar-refractivity contribution in [1.82, 2.24) is 10.2 Å². The van der Waals surface area contributed by atoms with E-state index in [0.717, 1.165) is 5.56 Å². The van der Waals surface area contributed by atoms with Crippen LogP contribution in [0, 0.1) is 0 Å². The monoisotopic (exact) mass is 386 g/mol. The standard InChI is InChI=1S/C19H18N2O5S/c1-26-19(25)15-11-7-8-12(22)16(11)27-18-14(17(24)21(15)18)20-13(23)9-10-5-3-2-4-6-10/h2-8,12,14,16,18,22H,9H2,1H3,(H,20,23)/t12?,14-,16-,18-/m1/s1. The van der Waals surface area contributed by atoms with E-state index in [2.05, 4.69) is 5.32 Å². The third-order valence-electron chi connectivity index (χ3n) is 4.84. The first-order valence-electron chi connectivity index (χ1n) is 8.52. The Kier molecular flexibility index (Phi) is 4.53. The van der Waals surface area contributed by atoms with E-state index in [9.17, 15) is 19.5 Å². The lowest BCUT2D eigenvalue weighted by Gasteiger charge is -2.51. The van der Waals surface area contributed by atoms with Crippen molar-refractivity contribution in [2.45, 2.75) is 29.2 Å². The van der Waals surface area contributed by atoms with Gasteiger partial charge in [0.2, 0.25) is 5.91 Å². The summed E-state index contributed by atoms with van der Waals surface area (Å²) < 4.78 is 4.83. The lowest BCUT2D eigenvalue weighted by molar-refractivity contribution is -0.151. The SMILES string of the molecule is COC(=O)C1=C2C=CC(O)[C@@H]2S[C@@H]2[C@H](NC(=O)Cc3ccccc3)C(=O)N12. The van der Waals surface area contributed by atoms with Crippen LogP contribution in [0.15, 0.2) is 53.8 Å². The molecule has 2 N–H and O–H groups in total. The van der Waals surface area contributed by atoms with Gasteiger partial charge in [-0.25, -0.2) is 4.79 Å². The van der Waals surface area contributed by atoms with E-state index in [-0.39, 0.29) is 29.2 Å². The van der Waals surface area contributed by atoms with Gasteiger partial charge in [0, 0.05) is 0 Å². The smallest absolute Gasteiger partial charge is 0.355 e. The van der Waals surface area contributed by atoms with Crippen LogP contribution in [0.1, 0.15) is 5.56 Å². The van der Waals surface area contributed by atoms with Gasteiger partial charge in [0.1, 0.15) is 17.1 Å². The Morgan fingerprint density at radius 3 is 2.74 bits per heavy atom. The number of carbonyl (C=O) groups is 3. The summed E-state index contributed by atoms with van der Waals surface area (Å²) in [6.07, 6.45) is 2.66. The summed E-state index contributed by atoms with van der Waals surface area (Å²) in [6.45, 7) is 0. The zero-order chi connectivity index (χ0) is 19.1. The van der Waals surface area contributed by atoms with E-state index in [1.165, 1.54) is 23.8 Å². The topological polar surface area (TPSA) is 95.9 Å². The number of aliphatic hydroxyl groups is 1. The van der Waals surface area contributed by atoms with Crippen molar-refractivity contribution < 1.29 is 24.2 Å². The maximum atomic E-state index is 12.7. The van der Waals surface area contributed by atoms with Crippen LogP contribution >= 0.6 is 11.8 Å². The second kappa shape index (κ2) is 6.86. The zero-order valence-corrected chi connectivity index (χ0v) is 15.3. The first-order valence-corrected chi connectivity index (χ1v) is 9.46. The lowest BCUT2D eigenvalue weighted by atomic mass is 10.0. The van der Waals surface area contributed by atoms with Crippen molar-refractivity contribution in [2.75, 3.05) is 7.11 Å². The first-order chi connectivity index (χ1) is 13.0. The Morgan fingerprint density at radius 1 is 1.30 bits per heavy atom. The number of carbonyl (C=O) groups excluding carboxylic acids is 3. The number of benzene rings is 1. The van der Waals surface area contributed by atoms with Crippen molar-refractivity contribution in [3.05, 3.63) is 59.3 Å². The molecule has 2 aliphatic heterocycles. The maximum Gasteiger partial charge on any atom is 0.355 e. The minimum Gasteiger partial charge on any atom is -0.464 e. The number of methoxy groups -OCH3 is 1. The molecule has 1 fully saturated rings. The molecule has 140 valence electrons. The molecule has 1 aromatic rings. The van der Waals surface area contributed by atoms with Crippen LogP contribution < -0.4 is 5.32 Å². The molecule has 1 aliphatic carbocycles. The number of hydrogen-bond donors (Lipinski definition) is 2. The van der Waals surface area contributed by atoms with E-state index in [0.29, 0.717) is 5.57 Å². The quantitative estimate of drug-likeness (QED) is 0.573. The summed E-state index contributed by atoms with van der Waals surface area (Å²) in [7, 11) is 1.25. The average molecular weight is 386 g/mol. The van der Waals surface area contributed by atoms with Crippen molar-refractivity contribution in [2.24, 2.45) is 0 Å². The second-order valence-corrected chi connectivity index (χ2v) is 7.77. The van der Waals surface area contributed by atoms with Gasteiger partial charge in [0.25, 0.3) is 5.91 Å². The molecule has 7 nitrogen and oxygen atoms in total. The van der Waals surface area contributed by atoms with Gasteiger partial charge in [-0.15, -0.1) is 11.8 Å². The minimum atomic E-state index is -0.747.